The number of carbonyl (C=O) groups excluding carboxylic acids is 1. The van der Waals surface area contributed by atoms with E-state index >= 15 is 0 Å². The molecule has 2 rings (SSSR count). The Morgan fingerprint density at radius 3 is 1.00 bits per heavy atom. The maximum atomic E-state index is 12.0. The molecule has 2 saturated carbocycles. The van der Waals surface area contributed by atoms with Crippen LogP contribution >= 0.6 is 0 Å². The predicted molar refractivity (Wildman–Crippen MR) is 99.6 cm³/mol. The summed E-state index contributed by atoms with van der Waals surface area (Å²) in [6.07, 6.45) is 26.2. The van der Waals surface area contributed by atoms with Gasteiger partial charge >= 0.3 is 0 Å². The molecule has 0 unspecified atom stereocenters. The quantitative estimate of drug-likeness (QED) is 0.507. The molecule has 0 radical (unpaired) electrons. The van der Waals surface area contributed by atoms with Crippen LogP contribution in [0.4, 0.5) is 0 Å². The average Bonchev–Trinajstić information content (AvgIpc) is 2.59. The summed E-state index contributed by atoms with van der Waals surface area (Å²) in [7, 11) is 0. The van der Waals surface area contributed by atoms with E-state index in [2.05, 4.69) is 0 Å². The molecule has 0 aromatic rings. The maximum Gasteiger partial charge on any atom is 0.123 e. The lowest BCUT2D eigenvalue weighted by Crippen LogP contribution is -2.26. The van der Waals surface area contributed by atoms with Gasteiger partial charge in [0.15, 0.2) is 0 Å². The molecule has 0 amide bonds. The van der Waals surface area contributed by atoms with E-state index in [4.69, 9.17) is 0 Å². The fraction of sp³-hybridized carbons (Fsp3) is 0.955. The van der Waals surface area contributed by atoms with Crippen LogP contribution in [0.25, 0.3) is 0 Å². The molecular formula is C22H40O. The van der Waals surface area contributed by atoms with E-state index in [1.54, 1.807) is 0 Å². The summed E-state index contributed by atoms with van der Waals surface area (Å²) in [6, 6.07) is 0. The van der Waals surface area contributed by atoms with E-state index in [9.17, 15) is 4.79 Å². The normalized spacial score (nSPS) is 25.1. The molecule has 134 valence electrons. The van der Waals surface area contributed by atoms with Crippen molar-refractivity contribution in [3.8, 4) is 0 Å². The highest BCUT2D eigenvalue weighted by Crippen LogP contribution is 2.36. The minimum absolute atomic E-state index is 0.369. The summed E-state index contributed by atoms with van der Waals surface area (Å²) in [4.78, 5) is 12.0. The Kier molecular flexibility index (Phi) is 9.99. The van der Waals surface area contributed by atoms with Crippen molar-refractivity contribution >= 4 is 6.29 Å². The molecule has 1 nitrogen and oxygen atoms in total. The molecule has 2 aliphatic rings. The zero-order chi connectivity index (χ0) is 16.2. The summed E-state index contributed by atoms with van der Waals surface area (Å²) < 4.78 is 0. The van der Waals surface area contributed by atoms with Gasteiger partial charge in [0.1, 0.15) is 6.29 Å². The van der Waals surface area contributed by atoms with Gasteiger partial charge in [-0.2, -0.15) is 0 Å². The molecule has 0 bridgehead atoms. The van der Waals surface area contributed by atoms with Crippen LogP contribution in [0.5, 0.6) is 0 Å². The second-order valence-electron chi connectivity index (χ2n) is 8.34. The first-order chi connectivity index (χ1) is 11.4. The van der Waals surface area contributed by atoms with E-state index in [0.717, 1.165) is 0 Å². The van der Waals surface area contributed by atoms with Crippen LogP contribution in [0.1, 0.15) is 116 Å². The zero-order valence-corrected chi connectivity index (χ0v) is 15.4. The van der Waals surface area contributed by atoms with Crippen LogP contribution in [0.2, 0.25) is 0 Å². The summed E-state index contributed by atoms with van der Waals surface area (Å²) in [5.41, 5.74) is 0. The van der Waals surface area contributed by atoms with E-state index in [0.29, 0.717) is 17.8 Å². The second kappa shape index (κ2) is 12.1. The van der Waals surface area contributed by atoms with Gasteiger partial charge in [-0.1, -0.05) is 89.9 Å². The van der Waals surface area contributed by atoms with Crippen molar-refractivity contribution in [3.63, 3.8) is 0 Å². The molecule has 23 heavy (non-hydrogen) atoms. The lowest BCUT2D eigenvalue weighted by molar-refractivity contribution is -0.115. The van der Waals surface area contributed by atoms with Crippen LogP contribution < -0.4 is 0 Å². The summed E-state index contributed by atoms with van der Waals surface area (Å²) in [5.74, 6) is 1.76. The van der Waals surface area contributed by atoms with E-state index in [1.165, 1.54) is 122 Å². The van der Waals surface area contributed by atoms with Gasteiger partial charge in [0.25, 0.3) is 0 Å². The van der Waals surface area contributed by atoms with Gasteiger partial charge in [0.05, 0.1) is 0 Å². The molecule has 0 saturated heterocycles. The lowest BCUT2D eigenvalue weighted by atomic mass is 9.73. The van der Waals surface area contributed by atoms with Gasteiger partial charge in [0.2, 0.25) is 0 Å². The first-order valence-corrected chi connectivity index (χ1v) is 10.9. The molecule has 0 spiro atoms. The standard InChI is InChI=1S/C22H40O/c23-19-22(20-15-11-7-3-1-4-8-12-16-20)21-17-13-9-5-2-6-10-14-18-21/h19-22H,1-18H2. The number of hydrogen-bond acceptors (Lipinski definition) is 1. The van der Waals surface area contributed by atoms with Gasteiger partial charge in [-0.05, 0) is 37.5 Å². The predicted octanol–water partition coefficient (Wildman–Crippen LogP) is 7.08. The van der Waals surface area contributed by atoms with Crippen molar-refractivity contribution in [3.05, 3.63) is 0 Å². The molecule has 1 heteroatoms. The van der Waals surface area contributed by atoms with Crippen molar-refractivity contribution in [2.24, 2.45) is 17.8 Å². The molecule has 2 fully saturated rings. The van der Waals surface area contributed by atoms with Crippen LogP contribution in [-0.4, -0.2) is 6.29 Å². The van der Waals surface area contributed by atoms with Crippen LogP contribution in [-0.2, 0) is 4.79 Å². The van der Waals surface area contributed by atoms with Gasteiger partial charge in [-0.25, -0.2) is 0 Å². The Bertz CT molecular complexity index is 252. The average molecular weight is 321 g/mol. The van der Waals surface area contributed by atoms with Gasteiger partial charge in [-0.15, -0.1) is 0 Å². The SMILES string of the molecule is O=CC(C1CCCCCCCCC1)C1CCCCCCCCC1. The molecule has 0 aromatic carbocycles. The molecule has 0 atom stereocenters. The number of hydrogen-bond donors (Lipinski definition) is 0. The molecule has 0 aromatic heterocycles. The molecule has 0 aliphatic heterocycles. The Morgan fingerprint density at radius 1 is 0.478 bits per heavy atom. The Balaban J connectivity index is 1.93. The third-order valence-electron chi connectivity index (χ3n) is 6.55. The first kappa shape index (κ1) is 19.0. The summed E-state index contributed by atoms with van der Waals surface area (Å²) >= 11 is 0. The molecule has 0 N–H and O–H groups in total. The lowest BCUT2D eigenvalue weighted by Gasteiger charge is -2.31. The van der Waals surface area contributed by atoms with Crippen LogP contribution in [0.15, 0.2) is 0 Å². The van der Waals surface area contributed by atoms with E-state index in [1.807, 2.05) is 0 Å². The maximum absolute atomic E-state index is 12.0. The van der Waals surface area contributed by atoms with Crippen molar-refractivity contribution in [2.75, 3.05) is 0 Å². The van der Waals surface area contributed by atoms with Crippen LogP contribution in [0, 0.1) is 17.8 Å². The third-order valence-corrected chi connectivity index (χ3v) is 6.55. The van der Waals surface area contributed by atoms with Gasteiger partial charge in [-0.3, -0.25) is 0 Å². The highest BCUT2D eigenvalue weighted by Gasteiger charge is 2.28. The van der Waals surface area contributed by atoms with Gasteiger partial charge < -0.3 is 4.79 Å². The van der Waals surface area contributed by atoms with Crippen molar-refractivity contribution in [1.82, 2.24) is 0 Å². The minimum atomic E-state index is 0.369. The van der Waals surface area contributed by atoms with Gasteiger partial charge in [0, 0.05) is 5.92 Å². The van der Waals surface area contributed by atoms with E-state index < -0.39 is 0 Å². The summed E-state index contributed by atoms with van der Waals surface area (Å²) in [5, 5.41) is 0. The zero-order valence-electron chi connectivity index (χ0n) is 15.4. The fourth-order valence-corrected chi connectivity index (χ4v) is 5.06. The second-order valence-corrected chi connectivity index (χ2v) is 8.34. The largest absolute Gasteiger partial charge is 0.303 e. The molecule has 0 heterocycles. The first-order valence-electron chi connectivity index (χ1n) is 10.9. The highest BCUT2D eigenvalue weighted by atomic mass is 16.1. The Labute approximate surface area is 145 Å². The van der Waals surface area contributed by atoms with Crippen molar-refractivity contribution in [1.29, 1.82) is 0 Å². The topological polar surface area (TPSA) is 17.1 Å². The van der Waals surface area contributed by atoms with Crippen LogP contribution in [0.3, 0.4) is 0 Å². The monoisotopic (exact) mass is 320 g/mol. The highest BCUT2D eigenvalue weighted by molar-refractivity contribution is 5.54. The van der Waals surface area contributed by atoms with Crippen molar-refractivity contribution in [2.45, 2.75) is 116 Å². The molecular weight excluding hydrogens is 280 g/mol. The number of rotatable bonds is 3. The number of aldehydes is 1. The minimum Gasteiger partial charge on any atom is -0.303 e. The summed E-state index contributed by atoms with van der Waals surface area (Å²) in [6.45, 7) is 0. The van der Waals surface area contributed by atoms with E-state index in [-0.39, 0.29) is 0 Å². The Hall–Kier alpha value is -0.330. The smallest absolute Gasteiger partial charge is 0.123 e. The van der Waals surface area contributed by atoms with Crippen molar-refractivity contribution < 1.29 is 4.79 Å². The number of carbonyl (C=O) groups is 1. The fourth-order valence-electron chi connectivity index (χ4n) is 5.06. The molecule has 2 aliphatic carbocycles. The third kappa shape index (κ3) is 7.40. The Morgan fingerprint density at radius 2 is 0.739 bits per heavy atom.